The molecule has 0 unspecified atom stereocenters. The van der Waals surface area contributed by atoms with Crippen molar-refractivity contribution in [3.63, 3.8) is 0 Å². The van der Waals surface area contributed by atoms with E-state index >= 15 is 0 Å². The predicted molar refractivity (Wildman–Crippen MR) is 84.0 cm³/mol. The second kappa shape index (κ2) is 6.05. The van der Waals surface area contributed by atoms with Gasteiger partial charge in [-0.1, -0.05) is 5.92 Å². The van der Waals surface area contributed by atoms with Gasteiger partial charge in [-0.15, -0.1) is 6.42 Å². The smallest absolute Gasteiger partial charge is 0.202 e. The third-order valence-corrected chi connectivity index (χ3v) is 3.44. The molecule has 0 radical (unpaired) electrons. The Hall–Kier alpha value is -2.21. The lowest BCUT2D eigenvalue weighted by atomic mass is 10.0. The Morgan fingerprint density at radius 3 is 2.33 bits per heavy atom. The molecule has 21 heavy (non-hydrogen) atoms. The van der Waals surface area contributed by atoms with Gasteiger partial charge >= 0.3 is 0 Å². The topological polar surface area (TPSA) is 29.5 Å². The van der Waals surface area contributed by atoms with Gasteiger partial charge in [0.1, 0.15) is 5.75 Å². The largest absolute Gasteiger partial charge is 0.452 e. The lowest BCUT2D eigenvalue weighted by Gasteiger charge is -2.14. The van der Waals surface area contributed by atoms with Crippen molar-refractivity contribution in [1.29, 1.82) is 0 Å². The monoisotopic (exact) mass is 283 g/mol. The van der Waals surface area contributed by atoms with Crippen molar-refractivity contribution in [3.8, 4) is 18.1 Å². The Morgan fingerprint density at radius 2 is 1.90 bits per heavy atom. The molecule has 0 aromatic heterocycles. The molecule has 3 nitrogen and oxygen atoms in total. The number of ketones is 1. The second-order valence-corrected chi connectivity index (χ2v) is 5.77. The first-order valence-corrected chi connectivity index (χ1v) is 7.10. The summed E-state index contributed by atoms with van der Waals surface area (Å²) in [5.41, 5.74) is 2.85. The van der Waals surface area contributed by atoms with E-state index in [4.69, 9.17) is 11.2 Å². The highest BCUT2D eigenvalue weighted by Gasteiger charge is 2.33. The van der Waals surface area contributed by atoms with Crippen molar-refractivity contribution in [3.05, 3.63) is 40.8 Å². The van der Waals surface area contributed by atoms with Crippen LogP contribution in [-0.2, 0) is 4.79 Å². The SMILES string of the molecule is C#Cc1c(C)cc(O/C(=C/N(C)C)C(=O)C2CC2)cc1C. The number of nitrogens with zero attached hydrogens (tertiary/aromatic N) is 1. The fourth-order valence-corrected chi connectivity index (χ4v) is 2.26. The summed E-state index contributed by atoms with van der Waals surface area (Å²) in [4.78, 5) is 14.1. The van der Waals surface area contributed by atoms with Crippen molar-refractivity contribution in [2.75, 3.05) is 14.1 Å². The molecule has 0 saturated heterocycles. The minimum absolute atomic E-state index is 0.0834. The Morgan fingerprint density at radius 1 is 1.33 bits per heavy atom. The number of benzene rings is 1. The quantitative estimate of drug-likeness (QED) is 0.472. The summed E-state index contributed by atoms with van der Waals surface area (Å²) < 4.78 is 5.85. The average Bonchev–Trinajstić information content (AvgIpc) is 3.20. The Kier molecular flexibility index (Phi) is 4.37. The van der Waals surface area contributed by atoms with E-state index in [1.54, 1.807) is 6.20 Å². The van der Waals surface area contributed by atoms with Crippen LogP contribution in [0.15, 0.2) is 24.1 Å². The summed E-state index contributed by atoms with van der Waals surface area (Å²) in [7, 11) is 3.75. The number of allylic oxidation sites excluding steroid dienone is 1. The van der Waals surface area contributed by atoms with Crippen molar-refractivity contribution in [2.45, 2.75) is 26.7 Å². The molecule has 1 aromatic carbocycles. The third kappa shape index (κ3) is 3.66. The molecular weight excluding hydrogens is 262 g/mol. The second-order valence-electron chi connectivity index (χ2n) is 5.77. The fourth-order valence-electron chi connectivity index (χ4n) is 2.26. The molecule has 0 amide bonds. The number of Topliss-reactive ketones (excluding diaryl/α,β-unsaturated/α-hetero) is 1. The summed E-state index contributed by atoms with van der Waals surface area (Å²) >= 11 is 0. The predicted octanol–water partition coefficient (Wildman–Crippen LogP) is 3.05. The van der Waals surface area contributed by atoms with Gasteiger partial charge in [0.15, 0.2) is 5.76 Å². The molecule has 0 heterocycles. The van der Waals surface area contributed by atoms with Crippen LogP contribution >= 0.6 is 0 Å². The number of carbonyl (C=O) groups is 1. The number of terminal acetylenes is 1. The molecule has 110 valence electrons. The molecule has 3 heteroatoms. The molecule has 0 N–H and O–H groups in total. The first-order valence-electron chi connectivity index (χ1n) is 7.10. The van der Waals surface area contributed by atoms with Crippen molar-refractivity contribution >= 4 is 5.78 Å². The summed E-state index contributed by atoms with van der Waals surface area (Å²) in [6, 6.07) is 3.76. The molecule has 0 bridgehead atoms. The molecule has 2 rings (SSSR count). The highest BCUT2D eigenvalue weighted by Crippen LogP contribution is 2.33. The number of carbonyl (C=O) groups excluding carboxylic acids is 1. The Bertz CT molecular complexity index is 608. The van der Waals surface area contributed by atoms with Gasteiger partial charge in [-0.25, -0.2) is 0 Å². The van der Waals surface area contributed by atoms with Crippen LogP contribution in [0.4, 0.5) is 0 Å². The molecule has 0 spiro atoms. The van der Waals surface area contributed by atoms with Gasteiger partial charge in [0.05, 0.1) is 0 Å². The van der Waals surface area contributed by atoms with Gasteiger partial charge in [0, 0.05) is 31.8 Å². The van der Waals surface area contributed by atoms with E-state index in [0.717, 1.165) is 29.5 Å². The van der Waals surface area contributed by atoms with Crippen molar-refractivity contribution in [2.24, 2.45) is 5.92 Å². The average molecular weight is 283 g/mol. The number of rotatable bonds is 5. The Balaban J connectivity index is 2.29. The summed E-state index contributed by atoms with van der Waals surface area (Å²) in [5.74, 6) is 3.95. The maximum atomic E-state index is 12.3. The maximum absolute atomic E-state index is 12.3. The summed E-state index contributed by atoms with van der Waals surface area (Å²) in [5, 5.41) is 0. The van der Waals surface area contributed by atoms with Crippen LogP contribution in [-0.4, -0.2) is 24.8 Å². The minimum atomic E-state index is 0.0834. The number of aryl methyl sites for hydroxylation is 2. The molecule has 1 saturated carbocycles. The lowest BCUT2D eigenvalue weighted by molar-refractivity contribution is -0.118. The minimum Gasteiger partial charge on any atom is -0.452 e. The molecular formula is C18H21NO2. The van der Waals surface area contributed by atoms with Crippen LogP contribution in [0.1, 0.15) is 29.5 Å². The van der Waals surface area contributed by atoms with Crippen molar-refractivity contribution < 1.29 is 9.53 Å². The first-order chi connectivity index (χ1) is 9.92. The number of ether oxygens (including phenoxy) is 1. The van der Waals surface area contributed by atoms with E-state index in [0.29, 0.717) is 11.5 Å². The standard InChI is InChI=1S/C18H21NO2/c1-6-16-12(2)9-15(10-13(16)3)21-17(11-19(4)5)18(20)14-7-8-14/h1,9-11,14H,7-8H2,2-5H3/b17-11+. The van der Waals surface area contributed by atoms with E-state index in [9.17, 15) is 4.79 Å². The van der Waals surface area contributed by atoms with Gasteiger partial charge in [-0.3, -0.25) is 4.79 Å². The van der Waals surface area contributed by atoms with E-state index in [2.05, 4.69) is 5.92 Å². The number of hydrogen-bond donors (Lipinski definition) is 0. The zero-order chi connectivity index (χ0) is 15.6. The number of hydrogen-bond acceptors (Lipinski definition) is 3. The van der Waals surface area contributed by atoms with Crippen LogP contribution in [0.3, 0.4) is 0 Å². The zero-order valence-electron chi connectivity index (χ0n) is 13.1. The van der Waals surface area contributed by atoms with Gasteiger partial charge < -0.3 is 9.64 Å². The van der Waals surface area contributed by atoms with Gasteiger partial charge in [0.2, 0.25) is 5.78 Å². The van der Waals surface area contributed by atoms with E-state index in [1.807, 2.05) is 45.0 Å². The lowest BCUT2D eigenvalue weighted by Crippen LogP contribution is -2.15. The van der Waals surface area contributed by atoms with Crippen LogP contribution in [0.5, 0.6) is 5.75 Å². The van der Waals surface area contributed by atoms with Crippen molar-refractivity contribution in [1.82, 2.24) is 4.90 Å². The van der Waals surface area contributed by atoms with Crippen LogP contribution in [0, 0.1) is 32.1 Å². The fraction of sp³-hybridized carbons (Fsp3) is 0.389. The molecule has 1 aromatic rings. The van der Waals surface area contributed by atoms with Crippen LogP contribution in [0.2, 0.25) is 0 Å². The zero-order valence-corrected chi connectivity index (χ0v) is 13.1. The van der Waals surface area contributed by atoms with Crippen LogP contribution < -0.4 is 4.74 Å². The molecule has 1 aliphatic carbocycles. The Labute approximate surface area is 126 Å². The van der Waals surface area contributed by atoms with Gasteiger partial charge in [0.25, 0.3) is 0 Å². The van der Waals surface area contributed by atoms with Gasteiger partial charge in [-0.2, -0.15) is 0 Å². The van der Waals surface area contributed by atoms with E-state index in [-0.39, 0.29) is 11.7 Å². The van der Waals surface area contributed by atoms with E-state index < -0.39 is 0 Å². The first kappa shape index (κ1) is 15.2. The summed E-state index contributed by atoms with van der Waals surface area (Å²) in [6.45, 7) is 3.90. The molecule has 0 aliphatic heterocycles. The normalized spacial score (nSPS) is 14.5. The summed E-state index contributed by atoms with van der Waals surface area (Å²) in [6.07, 6.45) is 9.16. The third-order valence-electron chi connectivity index (χ3n) is 3.44. The van der Waals surface area contributed by atoms with Gasteiger partial charge in [-0.05, 0) is 49.9 Å². The maximum Gasteiger partial charge on any atom is 0.202 e. The highest BCUT2D eigenvalue weighted by molar-refractivity contribution is 5.97. The highest BCUT2D eigenvalue weighted by atomic mass is 16.5. The molecule has 1 fully saturated rings. The molecule has 1 aliphatic rings. The van der Waals surface area contributed by atoms with Crippen LogP contribution in [0.25, 0.3) is 0 Å². The van der Waals surface area contributed by atoms with E-state index in [1.165, 1.54) is 0 Å². The molecule has 0 atom stereocenters.